The van der Waals surface area contributed by atoms with E-state index in [-0.39, 0.29) is 6.04 Å². The van der Waals surface area contributed by atoms with Crippen molar-refractivity contribution >= 4 is 15.9 Å². The second-order valence-corrected chi connectivity index (χ2v) is 6.36. The molecule has 1 atom stereocenters. The van der Waals surface area contributed by atoms with Crippen molar-refractivity contribution in [3.63, 3.8) is 0 Å². The lowest BCUT2D eigenvalue weighted by molar-refractivity contribution is 0.403. The van der Waals surface area contributed by atoms with Gasteiger partial charge in [-0.3, -0.25) is 0 Å². The van der Waals surface area contributed by atoms with Crippen LogP contribution in [0.2, 0.25) is 0 Å². The molecule has 0 saturated carbocycles. The topological polar surface area (TPSA) is 66.0 Å². The summed E-state index contributed by atoms with van der Waals surface area (Å²) in [5, 5.41) is 4.27. The van der Waals surface area contributed by atoms with E-state index in [1.165, 1.54) is 0 Å². The van der Waals surface area contributed by atoms with E-state index in [9.17, 15) is 0 Å². The van der Waals surface area contributed by atoms with Crippen LogP contribution in [-0.4, -0.2) is 21.9 Å². The number of aromatic nitrogens is 3. The maximum absolute atomic E-state index is 6.34. The van der Waals surface area contributed by atoms with Crippen molar-refractivity contribution in [1.29, 1.82) is 0 Å². The molecule has 6 heteroatoms. The molecule has 2 N–H and O–H groups in total. The Balaban J connectivity index is 2.18. The molecular formula is C15H21BrN4O. The standard InChI is InChI=1S/C15H21BrN4O/c1-10(2)8-20-15(18-9-19-20)7-13(17)12-5-4-11(16)6-14(12)21-3/h4-6,9-10,13H,7-8,17H2,1-3H3. The Morgan fingerprint density at radius 3 is 2.81 bits per heavy atom. The molecule has 1 heterocycles. The normalized spacial score (nSPS) is 12.7. The van der Waals surface area contributed by atoms with Crippen molar-refractivity contribution in [2.24, 2.45) is 11.7 Å². The quantitative estimate of drug-likeness (QED) is 0.867. The maximum atomic E-state index is 6.34. The van der Waals surface area contributed by atoms with Gasteiger partial charge in [0.05, 0.1) is 7.11 Å². The first-order valence-corrected chi connectivity index (χ1v) is 7.76. The number of nitrogens with zero attached hydrogens (tertiary/aromatic N) is 3. The van der Waals surface area contributed by atoms with Gasteiger partial charge in [0.25, 0.3) is 0 Å². The Hall–Kier alpha value is -1.40. The highest BCUT2D eigenvalue weighted by molar-refractivity contribution is 9.10. The van der Waals surface area contributed by atoms with Crippen LogP contribution in [0, 0.1) is 5.92 Å². The second kappa shape index (κ2) is 7.04. The van der Waals surface area contributed by atoms with Gasteiger partial charge in [0, 0.05) is 29.0 Å². The number of ether oxygens (including phenoxy) is 1. The summed E-state index contributed by atoms with van der Waals surface area (Å²) in [5.74, 6) is 2.21. The number of methoxy groups -OCH3 is 1. The number of benzene rings is 1. The minimum atomic E-state index is -0.178. The SMILES string of the molecule is COc1cc(Br)ccc1C(N)Cc1ncnn1CC(C)C. The molecule has 21 heavy (non-hydrogen) atoms. The van der Waals surface area contributed by atoms with E-state index in [0.29, 0.717) is 12.3 Å². The highest BCUT2D eigenvalue weighted by Gasteiger charge is 2.16. The van der Waals surface area contributed by atoms with Gasteiger partial charge in [-0.25, -0.2) is 9.67 Å². The van der Waals surface area contributed by atoms with Crippen molar-refractivity contribution in [3.05, 3.63) is 40.4 Å². The number of hydrogen-bond acceptors (Lipinski definition) is 4. The predicted molar refractivity (Wildman–Crippen MR) is 86.2 cm³/mol. The summed E-state index contributed by atoms with van der Waals surface area (Å²) in [6.45, 7) is 5.16. The molecule has 0 aliphatic carbocycles. The summed E-state index contributed by atoms with van der Waals surface area (Å²) in [7, 11) is 1.65. The molecular weight excluding hydrogens is 332 g/mol. The molecule has 0 fully saturated rings. The van der Waals surface area contributed by atoms with Crippen LogP contribution < -0.4 is 10.5 Å². The van der Waals surface area contributed by atoms with Crippen LogP contribution in [0.5, 0.6) is 5.75 Å². The smallest absolute Gasteiger partial charge is 0.138 e. The van der Waals surface area contributed by atoms with Crippen molar-refractivity contribution in [1.82, 2.24) is 14.8 Å². The van der Waals surface area contributed by atoms with E-state index in [4.69, 9.17) is 10.5 Å². The highest BCUT2D eigenvalue weighted by Crippen LogP contribution is 2.29. The summed E-state index contributed by atoms with van der Waals surface area (Å²) in [6, 6.07) is 5.70. The highest BCUT2D eigenvalue weighted by atomic mass is 79.9. The van der Waals surface area contributed by atoms with Crippen LogP contribution in [-0.2, 0) is 13.0 Å². The van der Waals surface area contributed by atoms with E-state index in [1.807, 2.05) is 22.9 Å². The number of nitrogens with two attached hydrogens (primary N) is 1. The molecule has 2 aromatic rings. The Morgan fingerprint density at radius 2 is 2.14 bits per heavy atom. The molecule has 114 valence electrons. The van der Waals surface area contributed by atoms with E-state index < -0.39 is 0 Å². The van der Waals surface area contributed by atoms with Crippen LogP contribution in [0.4, 0.5) is 0 Å². The Bertz CT molecular complexity index is 597. The first-order valence-electron chi connectivity index (χ1n) is 6.97. The molecule has 0 aliphatic heterocycles. The Morgan fingerprint density at radius 1 is 1.38 bits per heavy atom. The van der Waals surface area contributed by atoms with Crippen LogP contribution in [0.25, 0.3) is 0 Å². The monoisotopic (exact) mass is 352 g/mol. The second-order valence-electron chi connectivity index (χ2n) is 5.45. The van der Waals surface area contributed by atoms with Crippen molar-refractivity contribution in [2.45, 2.75) is 32.9 Å². The number of rotatable bonds is 6. The Kier molecular flexibility index (Phi) is 5.36. The molecule has 0 radical (unpaired) electrons. The van der Waals surface area contributed by atoms with Gasteiger partial charge in [-0.1, -0.05) is 35.8 Å². The number of hydrogen-bond donors (Lipinski definition) is 1. The van der Waals surface area contributed by atoms with Crippen LogP contribution in [0.15, 0.2) is 29.0 Å². The van der Waals surface area contributed by atoms with Gasteiger partial charge in [-0.15, -0.1) is 0 Å². The van der Waals surface area contributed by atoms with Gasteiger partial charge in [0.15, 0.2) is 0 Å². The summed E-state index contributed by atoms with van der Waals surface area (Å²) < 4.78 is 8.31. The lowest BCUT2D eigenvalue weighted by Crippen LogP contribution is -2.19. The van der Waals surface area contributed by atoms with Gasteiger partial charge in [0.2, 0.25) is 0 Å². The molecule has 0 amide bonds. The molecule has 0 saturated heterocycles. The molecule has 1 unspecified atom stereocenters. The summed E-state index contributed by atoms with van der Waals surface area (Å²) in [4.78, 5) is 4.33. The third-order valence-corrected chi connectivity index (χ3v) is 3.72. The lowest BCUT2D eigenvalue weighted by Gasteiger charge is -2.16. The predicted octanol–water partition coefficient (Wildman–Crippen LogP) is 2.95. The molecule has 0 aliphatic rings. The maximum Gasteiger partial charge on any atom is 0.138 e. The third-order valence-electron chi connectivity index (χ3n) is 3.23. The van der Waals surface area contributed by atoms with Gasteiger partial charge in [-0.2, -0.15) is 5.10 Å². The van der Waals surface area contributed by atoms with E-state index in [1.54, 1.807) is 13.4 Å². The molecule has 5 nitrogen and oxygen atoms in total. The van der Waals surface area contributed by atoms with E-state index >= 15 is 0 Å². The first-order chi connectivity index (χ1) is 10.0. The van der Waals surface area contributed by atoms with Gasteiger partial charge in [-0.05, 0) is 18.1 Å². The summed E-state index contributed by atoms with van der Waals surface area (Å²) in [6.07, 6.45) is 2.22. The molecule has 0 bridgehead atoms. The van der Waals surface area contributed by atoms with Crippen LogP contribution in [0.1, 0.15) is 31.3 Å². The molecule has 1 aromatic heterocycles. The zero-order valence-electron chi connectivity index (χ0n) is 12.6. The fraction of sp³-hybridized carbons (Fsp3) is 0.467. The fourth-order valence-corrected chi connectivity index (χ4v) is 2.58. The van der Waals surface area contributed by atoms with Gasteiger partial charge in [0.1, 0.15) is 17.9 Å². The largest absolute Gasteiger partial charge is 0.496 e. The van der Waals surface area contributed by atoms with Crippen molar-refractivity contribution in [3.8, 4) is 5.75 Å². The number of halogens is 1. The molecule has 1 aromatic carbocycles. The third kappa shape index (κ3) is 4.04. The minimum Gasteiger partial charge on any atom is -0.496 e. The van der Waals surface area contributed by atoms with Crippen LogP contribution in [0.3, 0.4) is 0 Å². The van der Waals surface area contributed by atoms with Crippen molar-refractivity contribution in [2.75, 3.05) is 7.11 Å². The first kappa shape index (κ1) is 16.0. The minimum absolute atomic E-state index is 0.178. The van der Waals surface area contributed by atoms with Crippen molar-refractivity contribution < 1.29 is 4.74 Å². The van der Waals surface area contributed by atoms with E-state index in [2.05, 4.69) is 39.9 Å². The zero-order chi connectivity index (χ0) is 15.4. The molecule has 0 spiro atoms. The van der Waals surface area contributed by atoms with E-state index in [0.717, 1.165) is 28.2 Å². The van der Waals surface area contributed by atoms with Crippen LogP contribution >= 0.6 is 15.9 Å². The average Bonchev–Trinajstić information content (AvgIpc) is 2.84. The summed E-state index contributed by atoms with van der Waals surface area (Å²) in [5.41, 5.74) is 7.31. The summed E-state index contributed by atoms with van der Waals surface area (Å²) >= 11 is 3.44. The average molecular weight is 353 g/mol. The van der Waals surface area contributed by atoms with Gasteiger partial charge >= 0.3 is 0 Å². The Labute approximate surface area is 133 Å². The zero-order valence-corrected chi connectivity index (χ0v) is 14.2. The fourth-order valence-electron chi connectivity index (χ4n) is 2.24. The van der Waals surface area contributed by atoms with Gasteiger partial charge < -0.3 is 10.5 Å². The molecule has 2 rings (SSSR count). The lowest BCUT2D eigenvalue weighted by atomic mass is 10.0.